The summed E-state index contributed by atoms with van der Waals surface area (Å²) in [5.41, 5.74) is 3.00. The van der Waals surface area contributed by atoms with E-state index in [1.165, 1.54) is 0 Å². The number of nitrogens with zero attached hydrogens (tertiary/aromatic N) is 1. The van der Waals surface area contributed by atoms with Gasteiger partial charge in [-0.05, 0) is 59.7 Å². The van der Waals surface area contributed by atoms with Gasteiger partial charge < -0.3 is 24.6 Å². The zero-order valence-corrected chi connectivity index (χ0v) is 22.8. The molecule has 0 saturated carbocycles. The number of aromatic nitrogens is 1. The molecule has 1 amide bonds. The van der Waals surface area contributed by atoms with E-state index in [0.717, 1.165) is 22.0 Å². The molecule has 0 bridgehead atoms. The van der Waals surface area contributed by atoms with Gasteiger partial charge in [0.2, 0.25) is 5.88 Å². The van der Waals surface area contributed by atoms with Crippen LogP contribution in [0, 0.1) is 0 Å². The quantitative estimate of drug-likeness (QED) is 0.177. The predicted octanol–water partition coefficient (Wildman–Crippen LogP) is 5.70. The third-order valence-electron chi connectivity index (χ3n) is 6.51. The second-order valence-electron chi connectivity index (χ2n) is 9.55. The van der Waals surface area contributed by atoms with Crippen LogP contribution in [0.15, 0.2) is 115 Å². The molecule has 5 aromatic rings. The molecule has 0 spiro atoms. The van der Waals surface area contributed by atoms with E-state index >= 15 is 0 Å². The number of amides is 1. The predicted molar refractivity (Wildman–Crippen MR) is 159 cm³/mol. The van der Waals surface area contributed by atoms with Gasteiger partial charge in [-0.15, -0.1) is 0 Å². The van der Waals surface area contributed by atoms with Crippen LogP contribution in [-0.4, -0.2) is 41.2 Å². The van der Waals surface area contributed by atoms with Crippen molar-refractivity contribution in [3.8, 4) is 17.4 Å². The van der Waals surface area contributed by atoms with Crippen molar-refractivity contribution in [2.75, 3.05) is 13.2 Å². The maximum atomic E-state index is 12.8. The topological polar surface area (TPSA) is 107 Å². The highest BCUT2D eigenvalue weighted by Crippen LogP contribution is 2.18. The summed E-state index contributed by atoms with van der Waals surface area (Å²) in [4.78, 5) is 29.1. The molecule has 8 nitrogen and oxygen atoms in total. The van der Waals surface area contributed by atoms with Gasteiger partial charge in [0.25, 0.3) is 5.91 Å². The first-order valence-corrected chi connectivity index (χ1v) is 13.5. The van der Waals surface area contributed by atoms with Gasteiger partial charge >= 0.3 is 5.97 Å². The number of pyridine rings is 1. The highest BCUT2D eigenvalue weighted by Gasteiger charge is 2.21. The number of ether oxygens (including phenoxy) is 3. The Hall–Kier alpha value is -5.37. The summed E-state index contributed by atoms with van der Waals surface area (Å²) in [7, 11) is 0. The smallest absolute Gasteiger partial charge is 0.326 e. The number of carbonyl (C=O) groups is 2. The van der Waals surface area contributed by atoms with Crippen LogP contribution in [-0.2, 0) is 17.8 Å². The van der Waals surface area contributed by atoms with Crippen LogP contribution in [0.3, 0.4) is 0 Å². The largest absolute Gasteiger partial charge is 0.490 e. The van der Waals surface area contributed by atoms with E-state index in [2.05, 4.69) is 10.3 Å². The van der Waals surface area contributed by atoms with Gasteiger partial charge in [0.1, 0.15) is 37.4 Å². The SMILES string of the molecule is O=C(NC(Cc1ccc(OCc2ccccc2)cc1)C(=O)O)c1ccc(OCCOc2ccc3ccccc3n2)cc1. The van der Waals surface area contributed by atoms with Gasteiger partial charge in [0.15, 0.2) is 0 Å². The number of para-hydroxylation sites is 1. The van der Waals surface area contributed by atoms with Crippen molar-refractivity contribution in [1.82, 2.24) is 10.3 Å². The molecule has 1 heterocycles. The third-order valence-corrected chi connectivity index (χ3v) is 6.51. The average Bonchev–Trinajstić information content (AvgIpc) is 3.03. The van der Waals surface area contributed by atoms with Crippen LogP contribution in [0.2, 0.25) is 0 Å². The normalized spacial score (nSPS) is 11.4. The Morgan fingerprint density at radius 1 is 0.690 bits per heavy atom. The first-order chi connectivity index (χ1) is 20.5. The van der Waals surface area contributed by atoms with Crippen LogP contribution in [0.25, 0.3) is 10.9 Å². The van der Waals surface area contributed by atoms with Gasteiger partial charge in [-0.2, -0.15) is 0 Å². The lowest BCUT2D eigenvalue weighted by atomic mass is 10.1. The van der Waals surface area contributed by atoms with Gasteiger partial charge in [0.05, 0.1) is 5.52 Å². The molecule has 5 rings (SSSR count). The number of carboxylic acids is 1. The zero-order chi connectivity index (χ0) is 29.1. The third kappa shape index (κ3) is 7.85. The number of fused-ring (bicyclic) bond motifs is 1. The van der Waals surface area contributed by atoms with Crippen molar-refractivity contribution in [2.24, 2.45) is 0 Å². The highest BCUT2D eigenvalue weighted by molar-refractivity contribution is 5.96. The van der Waals surface area contributed by atoms with Crippen molar-refractivity contribution in [1.29, 1.82) is 0 Å². The Bertz CT molecular complexity index is 1620. The minimum absolute atomic E-state index is 0.132. The summed E-state index contributed by atoms with van der Waals surface area (Å²) >= 11 is 0. The van der Waals surface area contributed by atoms with Crippen molar-refractivity contribution in [2.45, 2.75) is 19.1 Å². The van der Waals surface area contributed by atoms with Crippen molar-refractivity contribution >= 4 is 22.8 Å². The first-order valence-electron chi connectivity index (χ1n) is 13.5. The molecule has 2 N–H and O–H groups in total. The summed E-state index contributed by atoms with van der Waals surface area (Å²) in [6, 6.07) is 34.0. The number of hydrogen-bond donors (Lipinski definition) is 2. The summed E-state index contributed by atoms with van der Waals surface area (Å²) in [6.45, 7) is 1.03. The molecule has 0 aliphatic rings. The summed E-state index contributed by atoms with van der Waals surface area (Å²) in [5, 5.41) is 13.4. The minimum atomic E-state index is -1.12. The number of nitrogens with one attached hydrogen (secondary N) is 1. The minimum Gasteiger partial charge on any atom is -0.490 e. The Kier molecular flexibility index (Phi) is 9.26. The molecular formula is C34H30N2O6. The van der Waals surface area contributed by atoms with E-state index in [-0.39, 0.29) is 13.0 Å². The highest BCUT2D eigenvalue weighted by atomic mass is 16.5. The van der Waals surface area contributed by atoms with E-state index in [4.69, 9.17) is 14.2 Å². The van der Waals surface area contributed by atoms with Crippen LogP contribution in [0.1, 0.15) is 21.5 Å². The Morgan fingerprint density at radius 2 is 1.36 bits per heavy atom. The van der Waals surface area contributed by atoms with Crippen LogP contribution in [0.4, 0.5) is 0 Å². The fourth-order valence-corrected chi connectivity index (χ4v) is 4.28. The molecule has 8 heteroatoms. The summed E-state index contributed by atoms with van der Waals surface area (Å²) in [6.07, 6.45) is 0.132. The standard InChI is InChI=1S/C34H30N2O6/c37-33(36-31(34(38)39)22-24-10-15-29(16-11-24)42-23-25-6-2-1-3-7-25)27-12-17-28(18-13-27)40-20-21-41-32-19-14-26-8-4-5-9-30(26)35-32/h1-19,31H,20-23H2,(H,36,37)(H,38,39). The molecule has 0 fully saturated rings. The first kappa shape index (κ1) is 28.2. The lowest BCUT2D eigenvalue weighted by Crippen LogP contribution is -2.42. The van der Waals surface area contributed by atoms with Gasteiger partial charge in [-0.3, -0.25) is 4.79 Å². The van der Waals surface area contributed by atoms with Crippen LogP contribution >= 0.6 is 0 Å². The van der Waals surface area contributed by atoms with E-state index in [9.17, 15) is 14.7 Å². The molecule has 0 saturated heterocycles. The molecular weight excluding hydrogens is 532 g/mol. The summed E-state index contributed by atoms with van der Waals surface area (Å²) < 4.78 is 17.2. The van der Waals surface area contributed by atoms with E-state index in [1.807, 2.05) is 66.7 Å². The van der Waals surface area contributed by atoms with Crippen molar-refractivity contribution < 1.29 is 28.9 Å². The molecule has 0 radical (unpaired) electrons. The van der Waals surface area contributed by atoms with Gasteiger partial charge in [-0.1, -0.05) is 60.7 Å². The van der Waals surface area contributed by atoms with E-state index < -0.39 is 17.9 Å². The fourth-order valence-electron chi connectivity index (χ4n) is 4.28. The Morgan fingerprint density at radius 3 is 2.12 bits per heavy atom. The maximum absolute atomic E-state index is 12.8. The Balaban J connectivity index is 1.08. The van der Waals surface area contributed by atoms with Crippen molar-refractivity contribution in [3.05, 3.63) is 132 Å². The number of carbonyl (C=O) groups excluding carboxylic acids is 1. The number of hydrogen-bond acceptors (Lipinski definition) is 6. The monoisotopic (exact) mass is 562 g/mol. The molecule has 1 atom stereocenters. The van der Waals surface area contributed by atoms with Gasteiger partial charge in [0, 0.05) is 23.4 Å². The summed E-state index contributed by atoms with van der Waals surface area (Å²) in [5.74, 6) is 0.157. The number of carboxylic acid groups (broad SMARTS) is 1. The molecule has 42 heavy (non-hydrogen) atoms. The molecule has 212 valence electrons. The molecule has 1 aromatic heterocycles. The van der Waals surface area contributed by atoms with Crippen LogP contribution in [0.5, 0.6) is 17.4 Å². The Labute approximate surface area is 243 Å². The fraction of sp³-hybridized carbons (Fsp3) is 0.147. The van der Waals surface area contributed by atoms with E-state index in [1.54, 1.807) is 48.5 Å². The molecule has 4 aromatic carbocycles. The van der Waals surface area contributed by atoms with Crippen molar-refractivity contribution in [3.63, 3.8) is 0 Å². The average molecular weight is 563 g/mol. The maximum Gasteiger partial charge on any atom is 0.326 e. The lowest BCUT2D eigenvalue weighted by molar-refractivity contribution is -0.139. The second-order valence-corrected chi connectivity index (χ2v) is 9.55. The zero-order valence-electron chi connectivity index (χ0n) is 22.8. The number of aliphatic carboxylic acids is 1. The molecule has 1 unspecified atom stereocenters. The second kappa shape index (κ2) is 13.8. The van der Waals surface area contributed by atoms with E-state index in [0.29, 0.717) is 36.2 Å². The molecule has 0 aliphatic heterocycles. The van der Waals surface area contributed by atoms with Crippen LogP contribution < -0.4 is 19.5 Å². The van der Waals surface area contributed by atoms with Gasteiger partial charge in [-0.25, -0.2) is 9.78 Å². The number of rotatable bonds is 13. The molecule has 0 aliphatic carbocycles. The lowest BCUT2D eigenvalue weighted by Gasteiger charge is -2.15. The number of benzene rings is 4.